The molecule has 2 rings (SSSR count). The molecule has 0 bridgehead atoms. The second-order valence-corrected chi connectivity index (χ2v) is 4.33. The van der Waals surface area contributed by atoms with Gasteiger partial charge in [-0.3, -0.25) is 4.98 Å². The van der Waals surface area contributed by atoms with Gasteiger partial charge in [-0.2, -0.15) is 18.4 Å². The number of hydrogen-bond donors (Lipinski definition) is 1. The van der Waals surface area contributed by atoms with Gasteiger partial charge in [-0.1, -0.05) is 6.07 Å². The number of rotatable bonds is 3. The van der Waals surface area contributed by atoms with Crippen LogP contribution >= 0.6 is 0 Å². The molecular formula is C14H11F3N4. The van der Waals surface area contributed by atoms with E-state index in [1.54, 1.807) is 12.1 Å². The molecule has 7 heteroatoms. The van der Waals surface area contributed by atoms with Gasteiger partial charge in [0.1, 0.15) is 17.6 Å². The molecule has 0 aliphatic rings. The fourth-order valence-corrected chi connectivity index (χ4v) is 1.71. The van der Waals surface area contributed by atoms with Crippen LogP contribution in [0.4, 0.5) is 19.0 Å². The van der Waals surface area contributed by atoms with Crippen LogP contribution in [0.25, 0.3) is 0 Å². The quantitative estimate of drug-likeness (QED) is 0.943. The van der Waals surface area contributed by atoms with Gasteiger partial charge < -0.3 is 5.32 Å². The van der Waals surface area contributed by atoms with Crippen molar-refractivity contribution >= 4 is 5.82 Å². The first-order valence-corrected chi connectivity index (χ1v) is 6.05. The zero-order valence-electron chi connectivity index (χ0n) is 11.1. The summed E-state index contributed by atoms with van der Waals surface area (Å²) in [5, 5.41) is 11.7. The van der Waals surface area contributed by atoms with E-state index in [1.807, 2.05) is 19.1 Å². The first kappa shape index (κ1) is 14.8. The lowest BCUT2D eigenvalue weighted by Crippen LogP contribution is -2.12. The third-order valence-corrected chi connectivity index (χ3v) is 2.69. The van der Waals surface area contributed by atoms with Gasteiger partial charge in [-0.25, -0.2) is 4.98 Å². The molecule has 0 aromatic carbocycles. The summed E-state index contributed by atoms with van der Waals surface area (Å²) in [6, 6.07) is 9.04. The zero-order valence-corrected chi connectivity index (χ0v) is 11.1. The molecule has 2 aromatic rings. The van der Waals surface area contributed by atoms with Crippen molar-refractivity contribution in [1.82, 2.24) is 9.97 Å². The Morgan fingerprint density at radius 1 is 1.19 bits per heavy atom. The highest BCUT2D eigenvalue weighted by Crippen LogP contribution is 2.29. The van der Waals surface area contributed by atoms with Crippen LogP contribution in [0.3, 0.4) is 0 Å². The van der Waals surface area contributed by atoms with Gasteiger partial charge in [0.15, 0.2) is 0 Å². The van der Waals surface area contributed by atoms with Crippen molar-refractivity contribution in [2.24, 2.45) is 0 Å². The average molecular weight is 292 g/mol. The SMILES string of the molecule is Cc1cccc(CNc2nc(C(F)(F)F)ccc2C#N)n1. The van der Waals surface area contributed by atoms with Gasteiger partial charge in [0.25, 0.3) is 0 Å². The summed E-state index contributed by atoms with van der Waals surface area (Å²) in [5.74, 6) is -0.101. The predicted molar refractivity (Wildman–Crippen MR) is 70.3 cm³/mol. The summed E-state index contributed by atoms with van der Waals surface area (Å²) < 4.78 is 37.9. The molecule has 21 heavy (non-hydrogen) atoms. The Balaban J connectivity index is 2.24. The van der Waals surface area contributed by atoms with Crippen LogP contribution in [0.2, 0.25) is 0 Å². The van der Waals surface area contributed by atoms with E-state index in [2.05, 4.69) is 15.3 Å². The van der Waals surface area contributed by atoms with Crippen molar-refractivity contribution in [2.45, 2.75) is 19.6 Å². The number of nitrogens with one attached hydrogen (secondary N) is 1. The number of pyridine rings is 2. The van der Waals surface area contributed by atoms with Gasteiger partial charge in [0.2, 0.25) is 0 Å². The molecule has 0 fully saturated rings. The third-order valence-electron chi connectivity index (χ3n) is 2.69. The minimum absolute atomic E-state index is 0.0515. The number of aryl methyl sites for hydroxylation is 1. The molecule has 0 saturated carbocycles. The van der Waals surface area contributed by atoms with Crippen LogP contribution in [0.1, 0.15) is 22.6 Å². The van der Waals surface area contributed by atoms with Crippen LogP contribution < -0.4 is 5.32 Å². The second-order valence-electron chi connectivity index (χ2n) is 4.33. The molecule has 2 heterocycles. The van der Waals surface area contributed by atoms with Crippen molar-refractivity contribution in [3.63, 3.8) is 0 Å². The first-order chi connectivity index (χ1) is 9.90. The second kappa shape index (κ2) is 5.79. The van der Waals surface area contributed by atoms with E-state index in [4.69, 9.17) is 5.26 Å². The van der Waals surface area contributed by atoms with Crippen molar-refractivity contribution in [3.8, 4) is 6.07 Å². The monoisotopic (exact) mass is 292 g/mol. The molecule has 0 amide bonds. The Morgan fingerprint density at radius 3 is 2.57 bits per heavy atom. The van der Waals surface area contributed by atoms with E-state index >= 15 is 0 Å². The van der Waals surface area contributed by atoms with Crippen LogP contribution in [0, 0.1) is 18.3 Å². The summed E-state index contributed by atoms with van der Waals surface area (Å²) in [4.78, 5) is 7.69. The van der Waals surface area contributed by atoms with Crippen molar-refractivity contribution in [2.75, 3.05) is 5.32 Å². The van der Waals surface area contributed by atoms with Crippen LogP contribution in [-0.2, 0) is 12.7 Å². The maximum atomic E-state index is 12.6. The molecule has 0 aliphatic carbocycles. The number of nitrogens with zero attached hydrogens (tertiary/aromatic N) is 3. The Hall–Kier alpha value is -2.62. The maximum Gasteiger partial charge on any atom is 0.433 e. The highest BCUT2D eigenvalue weighted by Gasteiger charge is 2.33. The Kier molecular flexibility index (Phi) is 4.08. The minimum Gasteiger partial charge on any atom is -0.363 e. The molecule has 1 N–H and O–H groups in total. The van der Waals surface area contributed by atoms with Gasteiger partial charge in [0.05, 0.1) is 17.8 Å². The van der Waals surface area contributed by atoms with Gasteiger partial charge in [-0.05, 0) is 31.2 Å². The summed E-state index contributed by atoms with van der Waals surface area (Å²) in [7, 11) is 0. The Morgan fingerprint density at radius 2 is 1.95 bits per heavy atom. The van der Waals surface area contributed by atoms with Gasteiger partial charge in [-0.15, -0.1) is 0 Å². The third kappa shape index (κ3) is 3.69. The lowest BCUT2D eigenvalue weighted by atomic mass is 10.2. The Labute approximate surface area is 119 Å². The Bertz CT molecular complexity index is 689. The maximum absolute atomic E-state index is 12.6. The minimum atomic E-state index is -4.55. The highest BCUT2D eigenvalue weighted by molar-refractivity contribution is 5.52. The first-order valence-electron chi connectivity index (χ1n) is 6.05. The van der Waals surface area contributed by atoms with Crippen molar-refractivity contribution < 1.29 is 13.2 Å². The number of halogens is 3. The fraction of sp³-hybridized carbons (Fsp3) is 0.214. The van der Waals surface area contributed by atoms with E-state index in [-0.39, 0.29) is 17.9 Å². The number of hydrogen-bond acceptors (Lipinski definition) is 4. The largest absolute Gasteiger partial charge is 0.433 e. The van der Waals surface area contributed by atoms with Crippen molar-refractivity contribution in [3.05, 3.63) is 53.0 Å². The van der Waals surface area contributed by atoms with Crippen LogP contribution in [-0.4, -0.2) is 9.97 Å². The molecule has 108 valence electrons. The van der Waals surface area contributed by atoms with Crippen LogP contribution in [0.5, 0.6) is 0 Å². The predicted octanol–water partition coefficient (Wildman–Crippen LogP) is 3.29. The molecule has 4 nitrogen and oxygen atoms in total. The van der Waals surface area contributed by atoms with Crippen molar-refractivity contribution in [1.29, 1.82) is 5.26 Å². The molecule has 0 radical (unpaired) electrons. The van der Waals surface area contributed by atoms with Crippen LogP contribution in [0.15, 0.2) is 30.3 Å². The molecule has 0 aliphatic heterocycles. The molecule has 0 atom stereocenters. The molecular weight excluding hydrogens is 281 g/mol. The number of nitriles is 1. The smallest absolute Gasteiger partial charge is 0.363 e. The summed E-state index contributed by atoms with van der Waals surface area (Å²) in [6.07, 6.45) is -4.55. The molecule has 0 spiro atoms. The van der Waals surface area contributed by atoms with E-state index in [9.17, 15) is 13.2 Å². The molecule has 0 saturated heterocycles. The molecule has 2 aromatic heterocycles. The number of aromatic nitrogens is 2. The zero-order chi connectivity index (χ0) is 15.5. The molecule has 0 unspecified atom stereocenters. The summed E-state index contributed by atoms with van der Waals surface area (Å²) >= 11 is 0. The number of anilines is 1. The van der Waals surface area contributed by atoms with E-state index < -0.39 is 11.9 Å². The summed E-state index contributed by atoms with van der Waals surface area (Å²) in [5.41, 5.74) is 0.460. The van der Waals surface area contributed by atoms with Gasteiger partial charge >= 0.3 is 6.18 Å². The fourth-order valence-electron chi connectivity index (χ4n) is 1.71. The lowest BCUT2D eigenvalue weighted by molar-refractivity contribution is -0.141. The highest BCUT2D eigenvalue weighted by atomic mass is 19.4. The summed E-state index contributed by atoms with van der Waals surface area (Å²) in [6.45, 7) is 2.00. The lowest BCUT2D eigenvalue weighted by Gasteiger charge is -2.11. The van der Waals surface area contributed by atoms with E-state index in [0.717, 1.165) is 17.8 Å². The number of alkyl halides is 3. The average Bonchev–Trinajstić information content (AvgIpc) is 2.44. The van der Waals surface area contributed by atoms with E-state index in [1.165, 1.54) is 0 Å². The van der Waals surface area contributed by atoms with E-state index in [0.29, 0.717) is 5.69 Å². The normalized spacial score (nSPS) is 11.0. The van der Waals surface area contributed by atoms with Gasteiger partial charge in [0, 0.05) is 5.69 Å². The standard InChI is InChI=1S/C14H11F3N4/c1-9-3-2-4-11(20-9)8-19-13-10(7-18)5-6-12(21-13)14(15,16)17/h2-6H,8H2,1H3,(H,19,21). The topological polar surface area (TPSA) is 61.6 Å².